The van der Waals surface area contributed by atoms with Crippen molar-refractivity contribution in [3.8, 4) is 5.75 Å². The largest absolute Gasteiger partial charge is 0.497 e. The van der Waals surface area contributed by atoms with Crippen molar-refractivity contribution >= 4 is 11.9 Å². The molecule has 0 fully saturated rings. The lowest BCUT2D eigenvalue weighted by Crippen LogP contribution is -2.40. The van der Waals surface area contributed by atoms with Gasteiger partial charge >= 0.3 is 5.97 Å². The summed E-state index contributed by atoms with van der Waals surface area (Å²) >= 11 is 0. The standard InChI is InChI=1S/C17H25NO4/c1-5-13(14-6-8-15(22-4)9-7-14)10-16(19)18-12(3)11(2)17(20)21/h6-9,11-13H,5,10H2,1-4H3,(H,18,19)(H,20,21). The molecule has 3 unspecified atom stereocenters. The van der Waals surface area contributed by atoms with Crippen molar-refractivity contribution in [1.82, 2.24) is 5.32 Å². The summed E-state index contributed by atoms with van der Waals surface area (Å²) in [4.78, 5) is 23.0. The molecule has 1 rings (SSSR count). The van der Waals surface area contributed by atoms with Crippen LogP contribution in [0.1, 0.15) is 45.1 Å². The van der Waals surface area contributed by atoms with Crippen molar-refractivity contribution < 1.29 is 19.4 Å². The van der Waals surface area contributed by atoms with Crippen LogP contribution in [0.3, 0.4) is 0 Å². The molecule has 1 amide bonds. The molecule has 2 N–H and O–H groups in total. The van der Waals surface area contributed by atoms with Gasteiger partial charge in [0.2, 0.25) is 5.91 Å². The minimum Gasteiger partial charge on any atom is -0.497 e. The zero-order chi connectivity index (χ0) is 16.7. The number of carboxylic acids is 1. The number of carbonyl (C=O) groups is 2. The van der Waals surface area contributed by atoms with Gasteiger partial charge < -0.3 is 15.2 Å². The molecule has 1 aromatic rings. The Labute approximate surface area is 131 Å². The first-order chi connectivity index (χ1) is 10.4. The summed E-state index contributed by atoms with van der Waals surface area (Å²) in [6.07, 6.45) is 1.18. The Bertz CT molecular complexity index is 498. The monoisotopic (exact) mass is 307 g/mol. The van der Waals surface area contributed by atoms with Crippen molar-refractivity contribution in [3.63, 3.8) is 0 Å². The number of hydrogen-bond acceptors (Lipinski definition) is 3. The number of amides is 1. The average Bonchev–Trinajstić information content (AvgIpc) is 2.51. The van der Waals surface area contributed by atoms with Gasteiger partial charge in [0, 0.05) is 12.5 Å². The molecule has 5 heteroatoms. The Morgan fingerprint density at radius 1 is 1.23 bits per heavy atom. The maximum atomic E-state index is 12.1. The van der Waals surface area contributed by atoms with Gasteiger partial charge in [-0.1, -0.05) is 19.1 Å². The second-order valence-corrected chi connectivity index (χ2v) is 5.57. The van der Waals surface area contributed by atoms with Gasteiger partial charge in [0.1, 0.15) is 5.75 Å². The third kappa shape index (κ3) is 5.06. The fourth-order valence-corrected chi connectivity index (χ4v) is 2.25. The van der Waals surface area contributed by atoms with Crippen LogP contribution in [-0.2, 0) is 9.59 Å². The minimum absolute atomic E-state index is 0.109. The van der Waals surface area contributed by atoms with E-state index in [2.05, 4.69) is 5.32 Å². The smallest absolute Gasteiger partial charge is 0.308 e. The van der Waals surface area contributed by atoms with Crippen LogP contribution in [0.25, 0.3) is 0 Å². The van der Waals surface area contributed by atoms with Gasteiger partial charge in [-0.05, 0) is 43.9 Å². The van der Waals surface area contributed by atoms with E-state index in [1.54, 1.807) is 21.0 Å². The van der Waals surface area contributed by atoms with E-state index in [4.69, 9.17) is 9.84 Å². The molecule has 0 aliphatic rings. The molecule has 0 saturated heterocycles. The molecule has 0 spiro atoms. The lowest BCUT2D eigenvalue weighted by molar-refractivity contribution is -0.142. The van der Waals surface area contributed by atoms with Crippen molar-refractivity contribution in [2.24, 2.45) is 5.92 Å². The highest BCUT2D eigenvalue weighted by Crippen LogP contribution is 2.25. The molecule has 0 aromatic heterocycles. The van der Waals surface area contributed by atoms with Crippen LogP contribution in [0.4, 0.5) is 0 Å². The number of ether oxygens (including phenoxy) is 1. The molecule has 0 aliphatic heterocycles. The third-order valence-electron chi connectivity index (χ3n) is 4.04. The normalized spacial score (nSPS) is 14.7. The lowest BCUT2D eigenvalue weighted by Gasteiger charge is -2.20. The molecular formula is C17H25NO4. The zero-order valence-corrected chi connectivity index (χ0v) is 13.6. The summed E-state index contributed by atoms with van der Waals surface area (Å²) in [7, 11) is 1.62. The summed E-state index contributed by atoms with van der Waals surface area (Å²) in [5.74, 6) is -0.742. The molecule has 3 atom stereocenters. The van der Waals surface area contributed by atoms with E-state index in [-0.39, 0.29) is 11.8 Å². The molecule has 122 valence electrons. The van der Waals surface area contributed by atoms with Gasteiger partial charge in [0.15, 0.2) is 0 Å². The van der Waals surface area contributed by atoms with Gasteiger partial charge in [-0.15, -0.1) is 0 Å². The molecule has 0 aliphatic carbocycles. The molecule has 22 heavy (non-hydrogen) atoms. The number of carboxylic acid groups (broad SMARTS) is 1. The fraction of sp³-hybridized carbons (Fsp3) is 0.529. The summed E-state index contributed by atoms with van der Waals surface area (Å²) in [6, 6.07) is 7.29. The number of aliphatic carboxylic acids is 1. The number of hydrogen-bond donors (Lipinski definition) is 2. The molecule has 0 saturated carbocycles. The highest BCUT2D eigenvalue weighted by molar-refractivity contribution is 5.78. The van der Waals surface area contributed by atoms with Crippen LogP contribution in [0, 0.1) is 5.92 Å². The lowest BCUT2D eigenvalue weighted by atomic mass is 9.92. The topological polar surface area (TPSA) is 75.6 Å². The molecule has 0 radical (unpaired) electrons. The number of nitrogens with one attached hydrogen (secondary N) is 1. The Kier molecular flexibility index (Phi) is 6.89. The van der Waals surface area contributed by atoms with Crippen molar-refractivity contribution in [2.45, 2.75) is 45.6 Å². The van der Waals surface area contributed by atoms with Gasteiger partial charge in [0.25, 0.3) is 0 Å². The van der Waals surface area contributed by atoms with E-state index in [1.807, 2.05) is 31.2 Å². The van der Waals surface area contributed by atoms with Crippen LogP contribution in [0.15, 0.2) is 24.3 Å². The Morgan fingerprint density at radius 2 is 1.82 bits per heavy atom. The van der Waals surface area contributed by atoms with E-state index < -0.39 is 17.9 Å². The van der Waals surface area contributed by atoms with Crippen LogP contribution < -0.4 is 10.1 Å². The predicted molar refractivity (Wildman–Crippen MR) is 85.0 cm³/mol. The SMILES string of the molecule is CCC(CC(=O)NC(C)C(C)C(=O)O)c1ccc(OC)cc1. The molecule has 0 heterocycles. The fourth-order valence-electron chi connectivity index (χ4n) is 2.25. The summed E-state index contributed by atoms with van der Waals surface area (Å²) in [6.45, 7) is 5.34. The van der Waals surface area contributed by atoms with Crippen LogP contribution in [-0.4, -0.2) is 30.1 Å². The van der Waals surface area contributed by atoms with Gasteiger partial charge in [-0.3, -0.25) is 9.59 Å². The Morgan fingerprint density at radius 3 is 2.27 bits per heavy atom. The highest BCUT2D eigenvalue weighted by Gasteiger charge is 2.22. The molecule has 5 nitrogen and oxygen atoms in total. The van der Waals surface area contributed by atoms with E-state index in [0.29, 0.717) is 6.42 Å². The third-order valence-corrected chi connectivity index (χ3v) is 4.04. The second-order valence-electron chi connectivity index (χ2n) is 5.57. The quantitative estimate of drug-likeness (QED) is 0.774. The van der Waals surface area contributed by atoms with Crippen LogP contribution in [0.5, 0.6) is 5.75 Å². The average molecular weight is 307 g/mol. The maximum absolute atomic E-state index is 12.1. The first-order valence-corrected chi connectivity index (χ1v) is 7.55. The Balaban J connectivity index is 2.64. The number of methoxy groups -OCH3 is 1. The van der Waals surface area contributed by atoms with Crippen LogP contribution >= 0.6 is 0 Å². The summed E-state index contributed by atoms with van der Waals surface area (Å²) in [5.41, 5.74) is 1.08. The summed E-state index contributed by atoms with van der Waals surface area (Å²) in [5, 5.41) is 11.7. The number of carbonyl (C=O) groups excluding carboxylic acids is 1. The first kappa shape index (κ1) is 18.0. The van der Waals surface area contributed by atoms with Crippen LogP contribution in [0.2, 0.25) is 0 Å². The number of rotatable bonds is 8. The van der Waals surface area contributed by atoms with E-state index >= 15 is 0 Å². The second kappa shape index (κ2) is 8.41. The molecular weight excluding hydrogens is 282 g/mol. The molecule has 1 aromatic carbocycles. The van der Waals surface area contributed by atoms with E-state index in [1.165, 1.54) is 0 Å². The van der Waals surface area contributed by atoms with E-state index in [0.717, 1.165) is 17.7 Å². The van der Waals surface area contributed by atoms with Gasteiger partial charge in [-0.25, -0.2) is 0 Å². The van der Waals surface area contributed by atoms with E-state index in [9.17, 15) is 9.59 Å². The van der Waals surface area contributed by atoms with Crippen molar-refractivity contribution in [2.75, 3.05) is 7.11 Å². The minimum atomic E-state index is -0.907. The maximum Gasteiger partial charge on any atom is 0.308 e. The highest BCUT2D eigenvalue weighted by atomic mass is 16.5. The summed E-state index contributed by atoms with van der Waals surface area (Å²) < 4.78 is 5.13. The first-order valence-electron chi connectivity index (χ1n) is 7.55. The molecule has 0 bridgehead atoms. The predicted octanol–water partition coefficient (Wildman–Crippen LogP) is 2.80. The number of benzene rings is 1. The van der Waals surface area contributed by atoms with Gasteiger partial charge in [0.05, 0.1) is 13.0 Å². The van der Waals surface area contributed by atoms with Crippen molar-refractivity contribution in [1.29, 1.82) is 0 Å². The van der Waals surface area contributed by atoms with Gasteiger partial charge in [-0.2, -0.15) is 0 Å². The zero-order valence-electron chi connectivity index (χ0n) is 13.6. The van der Waals surface area contributed by atoms with Crippen molar-refractivity contribution in [3.05, 3.63) is 29.8 Å². The Hall–Kier alpha value is -2.04.